The van der Waals surface area contributed by atoms with Crippen LogP contribution in [0.3, 0.4) is 0 Å². The predicted molar refractivity (Wildman–Crippen MR) is 84.2 cm³/mol. The van der Waals surface area contributed by atoms with E-state index in [4.69, 9.17) is 0 Å². The van der Waals surface area contributed by atoms with Gasteiger partial charge in [0.15, 0.2) is 0 Å². The number of halogens is 2. The summed E-state index contributed by atoms with van der Waals surface area (Å²) in [5.41, 5.74) is 3.48. The summed E-state index contributed by atoms with van der Waals surface area (Å²) < 4.78 is 2.29. The fraction of sp³-hybridized carbons (Fsp3) is 0.308. The van der Waals surface area contributed by atoms with Crippen LogP contribution in [0.2, 0.25) is 0 Å². The van der Waals surface area contributed by atoms with E-state index in [1.807, 2.05) is 13.1 Å². The molecule has 0 fully saturated rings. The number of aromatic nitrogens is 1. The third kappa shape index (κ3) is 3.20. The number of nitrogens with one attached hydrogen (secondary N) is 1. The summed E-state index contributed by atoms with van der Waals surface area (Å²) in [7, 11) is 0. The smallest absolute Gasteiger partial charge is 0.0761 e. The van der Waals surface area contributed by atoms with Crippen molar-refractivity contribution in [2.45, 2.75) is 19.9 Å². The van der Waals surface area contributed by atoms with Gasteiger partial charge in [0.2, 0.25) is 0 Å². The molecule has 96 valence electrons. The maximum atomic E-state index is 4.38. The van der Waals surface area contributed by atoms with Crippen LogP contribution in [0.15, 0.2) is 32.0 Å². The summed E-state index contributed by atoms with van der Waals surface area (Å²) in [6.07, 6.45) is 1.95. The molecule has 1 atom stereocenters. The average Bonchev–Trinajstić information content (AvgIpc) is 2.67. The fourth-order valence-electron chi connectivity index (χ4n) is 1.81. The van der Waals surface area contributed by atoms with Crippen LogP contribution in [0.1, 0.15) is 29.8 Å². The minimum atomic E-state index is 0.181. The first kappa shape index (κ1) is 14.2. The lowest BCUT2D eigenvalue weighted by Crippen LogP contribution is -2.22. The Hall–Kier alpha value is -0.230. The Labute approximate surface area is 128 Å². The zero-order valence-corrected chi connectivity index (χ0v) is 14.2. The fourth-order valence-corrected chi connectivity index (χ4v) is 4.71. The lowest BCUT2D eigenvalue weighted by Gasteiger charge is -2.18. The second-order valence-electron chi connectivity index (χ2n) is 4.00. The Morgan fingerprint density at radius 2 is 2.17 bits per heavy atom. The summed E-state index contributed by atoms with van der Waals surface area (Å²) in [5.74, 6) is 0. The predicted octanol–water partition coefficient (Wildman–Crippen LogP) is 4.68. The van der Waals surface area contributed by atoms with Crippen molar-refractivity contribution in [3.8, 4) is 0 Å². The molecule has 2 aromatic rings. The third-order valence-corrected chi connectivity index (χ3v) is 5.06. The van der Waals surface area contributed by atoms with Crippen molar-refractivity contribution in [2.24, 2.45) is 0 Å². The molecule has 1 N–H and O–H groups in total. The van der Waals surface area contributed by atoms with Crippen molar-refractivity contribution >= 4 is 43.2 Å². The van der Waals surface area contributed by atoms with Gasteiger partial charge in [0.25, 0.3) is 0 Å². The molecule has 0 saturated carbocycles. The van der Waals surface area contributed by atoms with Crippen molar-refractivity contribution in [1.82, 2.24) is 10.3 Å². The van der Waals surface area contributed by atoms with E-state index in [1.54, 1.807) is 11.3 Å². The zero-order chi connectivity index (χ0) is 13.1. The monoisotopic (exact) mass is 388 g/mol. The molecule has 0 aliphatic rings. The SMILES string of the molecule is CCNC(c1ccc(C)nc1)c1cc(Br)sc1Br. The van der Waals surface area contributed by atoms with Gasteiger partial charge in [-0.15, -0.1) is 11.3 Å². The van der Waals surface area contributed by atoms with E-state index in [2.05, 4.69) is 67.3 Å². The molecule has 0 amide bonds. The molecule has 2 rings (SSSR count). The van der Waals surface area contributed by atoms with Gasteiger partial charge >= 0.3 is 0 Å². The van der Waals surface area contributed by atoms with Gasteiger partial charge in [0.1, 0.15) is 0 Å². The normalized spacial score (nSPS) is 12.7. The van der Waals surface area contributed by atoms with E-state index in [-0.39, 0.29) is 6.04 Å². The van der Waals surface area contributed by atoms with Gasteiger partial charge in [-0.2, -0.15) is 0 Å². The Balaban J connectivity index is 2.39. The first-order valence-electron chi connectivity index (χ1n) is 5.72. The highest BCUT2D eigenvalue weighted by molar-refractivity contribution is 9.12. The average molecular weight is 390 g/mol. The van der Waals surface area contributed by atoms with E-state index in [0.717, 1.165) is 19.8 Å². The van der Waals surface area contributed by atoms with Gasteiger partial charge in [-0.3, -0.25) is 4.98 Å². The van der Waals surface area contributed by atoms with Crippen molar-refractivity contribution < 1.29 is 0 Å². The number of aryl methyl sites for hydroxylation is 1. The molecular weight excluding hydrogens is 376 g/mol. The van der Waals surface area contributed by atoms with Crippen LogP contribution in [0.25, 0.3) is 0 Å². The summed E-state index contributed by atoms with van der Waals surface area (Å²) in [6.45, 7) is 5.03. The van der Waals surface area contributed by atoms with Crippen molar-refractivity contribution in [3.63, 3.8) is 0 Å². The highest BCUT2D eigenvalue weighted by Gasteiger charge is 2.18. The lowest BCUT2D eigenvalue weighted by atomic mass is 10.0. The molecule has 0 bridgehead atoms. The number of rotatable bonds is 4. The highest BCUT2D eigenvalue weighted by Crippen LogP contribution is 2.37. The standard InChI is InChI=1S/C13H14Br2N2S/c1-3-16-12(9-5-4-8(2)17-7-9)10-6-11(14)18-13(10)15/h4-7,12,16H,3H2,1-2H3. The molecular formula is C13H14Br2N2S. The molecule has 2 nitrogen and oxygen atoms in total. The van der Waals surface area contributed by atoms with E-state index in [1.165, 1.54) is 11.1 Å². The minimum Gasteiger partial charge on any atom is -0.306 e. The minimum absolute atomic E-state index is 0.181. The van der Waals surface area contributed by atoms with Crippen molar-refractivity contribution in [3.05, 3.63) is 48.8 Å². The molecule has 0 aliphatic carbocycles. The van der Waals surface area contributed by atoms with E-state index < -0.39 is 0 Å². The first-order chi connectivity index (χ1) is 8.61. The topological polar surface area (TPSA) is 24.9 Å². The maximum Gasteiger partial charge on any atom is 0.0761 e. The molecule has 18 heavy (non-hydrogen) atoms. The molecule has 0 aromatic carbocycles. The van der Waals surface area contributed by atoms with E-state index in [0.29, 0.717) is 0 Å². The molecule has 2 aromatic heterocycles. The quantitative estimate of drug-likeness (QED) is 0.821. The molecule has 0 radical (unpaired) electrons. The van der Waals surface area contributed by atoms with Gasteiger partial charge in [-0.1, -0.05) is 13.0 Å². The third-order valence-electron chi connectivity index (χ3n) is 2.67. The van der Waals surface area contributed by atoms with Crippen LogP contribution < -0.4 is 5.32 Å². The molecule has 2 heterocycles. The highest BCUT2D eigenvalue weighted by atomic mass is 79.9. The second-order valence-corrected chi connectivity index (χ2v) is 7.75. The van der Waals surface area contributed by atoms with Crippen LogP contribution in [-0.2, 0) is 0 Å². The zero-order valence-electron chi connectivity index (χ0n) is 10.2. The summed E-state index contributed by atoms with van der Waals surface area (Å²) in [6, 6.07) is 6.52. The van der Waals surface area contributed by atoms with Crippen LogP contribution in [0, 0.1) is 6.92 Å². The van der Waals surface area contributed by atoms with Gasteiger partial charge < -0.3 is 5.32 Å². The Morgan fingerprint density at radius 3 is 2.67 bits per heavy atom. The Bertz CT molecular complexity index is 522. The summed E-state index contributed by atoms with van der Waals surface area (Å²) >= 11 is 8.85. The number of pyridine rings is 1. The van der Waals surface area contributed by atoms with E-state index in [9.17, 15) is 0 Å². The summed E-state index contributed by atoms with van der Waals surface area (Å²) in [4.78, 5) is 4.38. The largest absolute Gasteiger partial charge is 0.306 e. The Morgan fingerprint density at radius 1 is 1.39 bits per heavy atom. The molecule has 0 spiro atoms. The van der Waals surface area contributed by atoms with Gasteiger partial charge in [-0.05, 0) is 68.6 Å². The molecule has 0 aliphatic heterocycles. The Kier molecular flexibility index (Phi) is 4.95. The lowest BCUT2D eigenvalue weighted by molar-refractivity contribution is 0.628. The van der Waals surface area contributed by atoms with Crippen LogP contribution in [0.5, 0.6) is 0 Å². The maximum absolute atomic E-state index is 4.38. The number of thiophene rings is 1. The van der Waals surface area contributed by atoms with Crippen molar-refractivity contribution in [1.29, 1.82) is 0 Å². The van der Waals surface area contributed by atoms with Crippen LogP contribution >= 0.6 is 43.2 Å². The molecule has 5 heteroatoms. The number of nitrogens with zero attached hydrogens (tertiary/aromatic N) is 1. The molecule has 1 unspecified atom stereocenters. The van der Waals surface area contributed by atoms with Crippen molar-refractivity contribution in [2.75, 3.05) is 6.54 Å². The molecule has 0 saturated heterocycles. The first-order valence-corrected chi connectivity index (χ1v) is 8.12. The number of hydrogen-bond acceptors (Lipinski definition) is 3. The van der Waals surface area contributed by atoms with Gasteiger partial charge in [-0.25, -0.2) is 0 Å². The number of hydrogen-bond donors (Lipinski definition) is 1. The van der Waals surface area contributed by atoms with Crippen LogP contribution in [0.4, 0.5) is 0 Å². The van der Waals surface area contributed by atoms with E-state index >= 15 is 0 Å². The van der Waals surface area contributed by atoms with Gasteiger partial charge in [0.05, 0.1) is 13.6 Å². The second kappa shape index (κ2) is 6.28. The van der Waals surface area contributed by atoms with Gasteiger partial charge in [0, 0.05) is 11.9 Å². The van der Waals surface area contributed by atoms with Crippen LogP contribution in [-0.4, -0.2) is 11.5 Å². The summed E-state index contributed by atoms with van der Waals surface area (Å²) in [5, 5.41) is 3.50.